The summed E-state index contributed by atoms with van der Waals surface area (Å²) in [5.41, 5.74) is 6.50. The van der Waals surface area contributed by atoms with Gasteiger partial charge in [-0.1, -0.05) is 110 Å². The maximum absolute atomic E-state index is 14.1. The minimum absolute atomic E-state index is 0.0429. The van der Waals surface area contributed by atoms with Crippen LogP contribution in [0.2, 0.25) is 0 Å². The van der Waals surface area contributed by atoms with Crippen LogP contribution in [0, 0.1) is 17.8 Å². The SMILES string of the molecule is CCCCCCCC[C@@H](OC(=O)CNC(=O)[C@@H](N)[C@H](C)O)[C@@H](C)C(=O)N(C)[C@@H](CC(C)C)C(=O)N[C@H](C(=O)N[C@@H](COCc1ccccc1)C(=O)O)[C@H](C)CC. The van der Waals surface area contributed by atoms with Crippen LogP contribution in [0.5, 0.6) is 0 Å². The number of nitrogens with zero attached hydrogens (tertiary/aromatic N) is 1. The standard InChI is InChI=1S/C41H69N5O10/c1-9-11-12-13-14-18-21-33(56-34(48)23-43-38(50)35(42)29(7)47)28(6)40(52)46(8)32(22-26(3)4)37(49)45-36(27(5)10-2)39(51)44-31(41(53)54)25-55-24-30-19-16-15-17-20-30/h15-17,19-20,26-29,31-33,35-36,47H,9-14,18,21-25,42H2,1-8H3,(H,43,50)(H,44,51)(H,45,49)(H,53,54)/t27-,28-,29+,31+,32+,33-,35+,36+/m1/s1. The number of ether oxygens (including phenoxy) is 2. The van der Waals surface area contributed by atoms with Crippen LogP contribution in [0.25, 0.3) is 0 Å². The van der Waals surface area contributed by atoms with Gasteiger partial charge in [-0.25, -0.2) is 4.79 Å². The first-order valence-corrected chi connectivity index (χ1v) is 20.1. The summed E-state index contributed by atoms with van der Waals surface area (Å²) in [6, 6.07) is 4.45. The van der Waals surface area contributed by atoms with Crippen LogP contribution in [-0.4, -0.2) is 107 Å². The van der Waals surface area contributed by atoms with Gasteiger partial charge in [0.25, 0.3) is 0 Å². The van der Waals surface area contributed by atoms with Crippen molar-refractivity contribution in [3.05, 3.63) is 35.9 Å². The average molecular weight is 792 g/mol. The summed E-state index contributed by atoms with van der Waals surface area (Å²) in [5.74, 6) is -5.85. The third kappa shape index (κ3) is 18.2. The summed E-state index contributed by atoms with van der Waals surface area (Å²) in [6.45, 7) is 11.8. The summed E-state index contributed by atoms with van der Waals surface area (Å²) in [5, 5.41) is 27.2. The molecular weight excluding hydrogens is 722 g/mol. The molecule has 318 valence electrons. The number of carbonyl (C=O) groups excluding carboxylic acids is 5. The van der Waals surface area contributed by atoms with Crippen molar-refractivity contribution < 1.29 is 48.5 Å². The fourth-order valence-electron chi connectivity index (χ4n) is 6.02. The molecule has 0 aliphatic heterocycles. The zero-order valence-electron chi connectivity index (χ0n) is 34.8. The topological polar surface area (TPSA) is 227 Å². The number of aliphatic hydroxyl groups is 1. The van der Waals surface area contributed by atoms with Gasteiger partial charge in [0.2, 0.25) is 23.6 Å². The number of hydrogen-bond donors (Lipinski definition) is 6. The van der Waals surface area contributed by atoms with Gasteiger partial charge in [0, 0.05) is 7.05 Å². The van der Waals surface area contributed by atoms with Gasteiger partial charge >= 0.3 is 11.9 Å². The van der Waals surface area contributed by atoms with Gasteiger partial charge in [-0.15, -0.1) is 0 Å². The lowest BCUT2D eigenvalue weighted by molar-refractivity contribution is -0.158. The van der Waals surface area contributed by atoms with Gasteiger partial charge < -0.3 is 46.3 Å². The predicted octanol–water partition coefficient (Wildman–Crippen LogP) is 3.30. The zero-order chi connectivity index (χ0) is 42.4. The van der Waals surface area contributed by atoms with Crippen molar-refractivity contribution in [2.75, 3.05) is 20.2 Å². The largest absolute Gasteiger partial charge is 0.480 e. The number of nitrogens with two attached hydrogens (primary N) is 1. The van der Waals surface area contributed by atoms with Crippen LogP contribution in [0.4, 0.5) is 0 Å². The molecule has 0 aliphatic rings. The lowest BCUT2D eigenvalue weighted by Gasteiger charge is -2.34. The molecule has 0 fully saturated rings. The molecule has 0 aromatic heterocycles. The number of rotatable bonds is 28. The molecular formula is C41H69N5O10. The smallest absolute Gasteiger partial charge is 0.328 e. The average Bonchev–Trinajstić information content (AvgIpc) is 3.16. The highest BCUT2D eigenvalue weighted by Gasteiger charge is 2.37. The number of hydrogen-bond acceptors (Lipinski definition) is 10. The molecule has 1 aromatic carbocycles. The number of unbranched alkanes of at least 4 members (excludes halogenated alkanes) is 5. The highest BCUT2D eigenvalue weighted by Crippen LogP contribution is 2.22. The van der Waals surface area contributed by atoms with E-state index < -0.39 is 90.3 Å². The Bertz CT molecular complexity index is 1360. The number of likely N-dealkylation sites (N-methyl/N-ethyl adjacent to an activating group) is 1. The Balaban J connectivity index is 3.18. The van der Waals surface area contributed by atoms with Crippen LogP contribution in [0.1, 0.15) is 112 Å². The van der Waals surface area contributed by atoms with Gasteiger partial charge in [-0.05, 0) is 43.6 Å². The van der Waals surface area contributed by atoms with E-state index in [1.54, 1.807) is 13.8 Å². The Kier molecular flexibility index (Phi) is 23.8. The van der Waals surface area contributed by atoms with Crippen LogP contribution in [-0.2, 0) is 44.8 Å². The second-order valence-electron chi connectivity index (χ2n) is 15.2. The molecule has 0 unspecified atom stereocenters. The molecule has 0 saturated heterocycles. The number of aliphatic carboxylic acids is 1. The van der Waals surface area contributed by atoms with Crippen LogP contribution in [0.15, 0.2) is 30.3 Å². The maximum atomic E-state index is 14.1. The van der Waals surface area contributed by atoms with Crippen molar-refractivity contribution >= 4 is 35.6 Å². The summed E-state index contributed by atoms with van der Waals surface area (Å²) >= 11 is 0. The summed E-state index contributed by atoms with van der Waals surface area (Å²) in [7, 11) is 1.50. The molecule has 56 heavy (non-hydrogen) atoms. The van der Waals surface area contributed by atoms with Gasteiger partial charge in [-0.2, -0.15) is 0 Å². The number of carboxylic acids is 1. The maximum Gasteiger partial charge on any atom is 0.328 e. The van der Waals surface area contributed by atoms with E-state index in [0.29, 0.717) is 19.3 Å². The fraction of sp³-hybridized carbons (Fsp3) is 0.707. The number of esters is 1. The number of amides is 4. The Morgan fingerprint density at radius 3 is 2.05 bits per heavy atom. The lowest BCUT2D eigenvalue weighted by atomic mass is 9.94. The molecule has 1 aromatic rings. The summed E-state index contributed by atoms with van der Waals surface area (Å²) in [6.07, 6.45) is 4.89. The molecule has 1 rings (SSSR count). The third-order valence-corrected chi connectivity index (χ3v) is 9.92. The van der Waals surface area contributed by atoms with E-state index >= 15 is 0 Å². The fourth-order valence-corrected chi connectivity index (χ4v) is 6.02. The Morgan fingerprint density at radius 2 is 1.48 bits per heavy atom. The zero-order valence-corrected chi connectivity index (χ0v) is 34.8. The Hall–Kier alpha value is -4.08. The molecule has 0 bridgehead atoms. The molecule has 4 amide bonds. The second kappa shape index (κ2) is 26.7. The van der Waals surface area contributed by atoms with E-state index in [4.69, 9.17) is 15.2 Å². The molecule has 0 heterocycles. The van der Waals surface area contributed by atoms with Gasteiger partial charge in [0.05, 0.1) is 25.2 Å². The molecule has 15 nitrogen and oxygen atoms in total. The highest BCUT2D eigenvalue weighted by molar-refractivity contribution is 5.94. The van der Waals surface area contributed by atoms with E-state index in [1.165, 1.54) is 18.9 Å². The van der Waals surface area contributed by atoms with Crippen LogP contribution >= 0.6 is 0 Å². The van der Waals surface area contributed by atoms with E-state index in [0.717, 1.165) is 37.7 Å². The normalized spacial score (nSPS) is 15.6. The van der Waals surface area contributed by atoms with Gasteiger partial charge in [0.15, 0.2) is 6.04 Å². The Morgan fingerprint density at radius 1 is 0.857 bits per heavy atom. The minimum atomic E-state index is -1.37. The number of carbonyl (C=O) groups is 6. The van der Waals surface area contributed by atoms with Crippen molar-refractivity contribution in [2.24, 2.45) is 23.5 Å². The molecule has 0 aliphatic carbocycles. The molecule has 15 heteroatoms. The number of carboxylic acid groups (broad SMARTS) is 1. The first kappa shape index (κ1) is 49.9. The van der Waals surface area contributed by atoms with Crippen LogP contribution in [0.3, 0.4) is 0 Å². The monoisotopic (exact) mass is 792 g/mol. The quantitative estimate of drug-likeness (QED) is 0.0533. The van der Waals surface area contributed by atoms with E-state index in [9.17, 15) is 39.0 Å². The molecule has 7 N–H and O–H groups in total. The van der Waals surface area contributed by atoms with Crippen molar-refractivity contribution in [3.8, 4) is 0 Å². The van der Waals surface area contributed by atoms with Gasteiger partial charge in [0.1, 0.15) is 30.8 Å². The Labute approximate surface area is 333 Å². The number of aliphatic hydroxyl groups excluding tert-OH is 1. The third-order valence-electron chi connectivity index (χ3n) is 9.92. The highest BCUT2D eigenvalue weighted by atomic mass is 16.5. The summed E-state index contributed by atoms with van der Waals surface area (Å²) < 4.78 is 11.4. The molecule has 0 radical (unpaired) electrons. The number of benzene rings is 1. The van der Waals surface area contributed by atoms with Crippen molar-refractivity contribution in [1.29, 1.82) is 0 Å². The van der Waals surface area contributed by atoms with Crippen LogP contribution < -0.4 is 21.7 Å². The second-order valence-corrected chi connectivity index (χ2v) is 15.2. The molecule has 0 saturated carbocycles. The van der Waals surface area contributed by atoms with Crippen molar-refractivity contribution in [3.63, 3.8) is 0 Å². The van der Waals surface area contributed by atoms with E-state index in [1.807, 2.05) is 51.1 Å². The molecule has 8 atom stereocenters. The van der Waals surface area contributed by atoms with Crippen molar-refractivity contribution in [1.82, 2.24) is 20.9 Å². The minimum Gasteiger partial charge on any atom is -0.480 e. The van der Waals surface area contributed by atoms with E-state index in [2.05, 4.69) is 22.9 Å². The van der Waals surface area contributed by atoms with E-state index in [-0.39, 0.29) is 25.6 Å². The molecule has 0 spiro atoms. The lowest BCUT2D eigenvalue weighted by Crippen LogP contribution is -2.59. The summed E-state index contributed by atoms with van der Waals surface area (Å²) in [4.78, 5) is 80.3. The van der Waals surface area contributed by atoms with Crippen molar-refractivity contribution in [2.45, 2.75) is 149 Å². The first-order valence-electron chi connectivity index (χ1n) is 20.1. The number of nitrogens with one attached hydrogen (secondary N) is 3. The first-order chi connectivity index (χ1) is 26.4. The predicted molar refractivity (Wildman–Crippen MR) is 213 cm³/mol. The van der Waals surface area contributed by atoms with Gasteiger partial charge in [-0.3, -0.25) is 24.0 Å².